The average Bonchev–Trinajstić information content (AvgIpc) is 3.60. The minimum atomic E-state index is -1.39. The maximum absolute atomic E-state index is 14.3. The van der Waals surface area contributed by atoms with Gasteiger partial charge in [-0.1, -0.05) is 32.0 Å². The number of anilines is 1. The second-order valence-corrected chi connectivity index (χ2v) is 11.6. The number of fused-ring (bicyclic) bond motifs is 3. The molecule has 1 unspecified atom stereocenters. The molecule has 0 bridgehead atoms. The molecule has 4 N–H and O–H groups in total. The molecule has 5 rings (SSSR count). The summed E-state index contributed by atoms with van der Waals surface area (Å²) >= 11 is 4.43. The molecule has 0 saturated carbocycles. The summed E-state index contributed by atoms with van der Waals surface area (Å²) in [6, 6.07) is 7.20. The van der Waals surface area contributed by atoms with Gasteiger partial charge in [0.05, 0.1) is 22.3 Å². The summed E-state index contributed by atoms with van der Waals surface area (Å²) in [4.78, 5) is 46.2. The van der Waals surface area contributed by atoms with Gasteiger partial charge in [0.15, 0.2) is 11.6 Å². The first kappa shape index (κ1) is 28.0. The number of amides is 3. The lowest BCUT2D eigenvalue weighted by Crippen LogP contribution is -2.54. The van der Waals surface area contributed by atoms with Crippen molar-refractivity contribution < 1.29 is 27.6 Å². The first-order valence-electron chi connectivity index (χ1n) is 12.9. The zero-order valence-electron chi connectivity index (χ0n) is 22.2. The lowest BCUT2D eigenvalue weighted by Gasteiger charge is -2.35. The summed E-state index contributed by atoms with van der Waals surface area (Å²) in [5, 5.41) is 1.85. The SMILES string of the molecule is CC(C)C[C@@H](C(=O)N1C[C@]2(C[C@H]1C(N)S)C(=O)Nc1ccccc12)N(C)C(=O)c1cc2c(F)cc(F)c(F)c2[nH]1. The number of para-hydroxylation sites is 1. The quantitative estimate of drug-likeness (QED) is 0.204. The minimum Gasteiger partial charge on any atom is -0.348 e. The molecule has 212 valence electrons. The molecule has 3 amide bonds. The number of nitrogens with one attached hydrogen (secondary N) is 2. The molecule has 3 aromatic rings. The van der Waals surface area contributed by atoms with Crippen LogP contribution in [0.3, 0.4) is 0 Å². The summed E-state index contributed by atoms with van der Waals surface area (Å²) in [6.45, 7) is 3.83. The highest BCUT2D eigenvalue weighted by Crippen LogP contribution is 2.47. The van der Waals surface area contributed by atoms with Crippen LogP contribution >= 0.6 is 12.6 Å². The Labute approximate surface area is 234 Å². The van der Waals surface area contributed by atoms with Crippen LogP contribution in [0.15, 0.2) is 36.4 Å². The second-order valence-electron chi connectivity index (χ2n) is 11.0. The van der Waals surface area contributed by atoms with Gasteiger partial charge in [-0.2, -0.15) is 12.6 Å². The monoisotopic (exact) mass is 573 g/mol. The molecule has 1 fully saturated rings. The van der Waals surface area contributed by atoms with Crippen LogP contribution in [0, 0.1) is 23.4 Å². The van der Waals surface area contributed by atoms with E-state index in [1.807, 2.05) is 32.0 Å². The van der Waals surface area contributed by atoms with Crippen LogP contribution < -0.4 is 11.1 Å². The number of hydrogen-bond acceptors (Lipinski definition) is 5. The highest BCUT2D eigenvalue weighted by molar-refractivity contribution is 7.80. The Hall–Kier alpha value is -3.51. The Balaban J connectivity index is 1.49. The molecule has 40 heavy (non-hydrogen) atoms. The molecular formula is C28H30F3N5O3S. The number of halogens is 3. The highest BCUT2D eigenvalue weighted by Gasteiger charge is 2.57. The Morgan fingerprint density at radius 2 is 1.90 bits per heavy atom. The van der Waals surface area contributed by atoms with Crippen molar-refractivity contribution in [2.45, 2.75) is 49.6 Å². The number of carbonyl (C=O) groups is 3. The second kappa shape index (κ2) is 10.2. The van der Waals surface area contributed by atoms with Crippen LogP contribution in [0.2, 0.25) is 0 Å². The van der Waals surface area contributed by atoms with Crippen LogP contribution in [-0.4, -0.2) is 63.6 Å². The van der Waals surface area contributed by atoms with Gasteiger partial charge in [-0.05, 0) is 36.5 Å². The fourth-order valence-corrected chi connectivity index (χ4v) is 6.18. The van der Waals surface area contributed by atoms with E-state index >= 15 is 0 Å². The number of aromatic nitrogens is 1. The lowest BCUT2D eigenvalue weighted by atomic mass is 9.79. The van der Waals surface area contributed by atoms with E-state index < -0.39 is 57.7 Å². The number of nitrogens with two attached hydrogens (primary N) is 1. The van der Waals surface area contributed by atoms with Crippen molar-refractivity contribution in [1.82, 2.24) is 14.8 Å². The molecular weight excluding hydrogens is 543 g/mol. The normalized spacial score (nSPS) is 21.7. The van der Waals surface area contributed by atoms with Gasteiger partial charge in [0.25, 0.3) is 5.91 Å². The molecule has 0 aliphatic carbocycles. The van der Waals surface area contributed by atoms with Crippen LogP contribution in [0.25, 0.3) is 10.9 Å². The Bertz CT molecular complexity index is 1530. The zero-order valence-corrected chi connectivity index (χ0v) is 23.1. The van der Waals surface area contributed by atoms with Crippen LogP contribution in [0.5, 0.6) is 0 Å². The van der Waals surface area contributed by atoms with Crippen molar-refractivity contribution in [3.05, 3.63) is 65.1 Å². The topological polar surface area (TPSA) is 112 Å². The van der Waals surface area contributed by atoms with E-state index in [-0.39, 0.29) is 42.3 Å². The number of aromatic amines is 1. The summed E-state index contributed by atoms with van der Waals surface area (Å²) in [5.74, 6) is -5.11. The van der Waals surface area contributed by atoms with Crippen LogP contribution in [0.1, 0.15) is 42.7 Å². The van der Waals surface area contributed by atoms with Crippen molar-refractivity contribution in [1.29, 1.82) is 0 Å². The van der Waals surface area contributed by atoms with Crippen molar-refractivity contribution in [3.63, 3.8) is 0 Å². The summed E-state index contributed by atoms with van der Waals surface area (Å²) in [7, 11) is 1.42. The molecule has 8 nitrogen and oxygen atoms in total. The fourth-order valence-electron chi connectivity index (χ4n) is 5.92. The van der Waals surface area contributed by atoms with Gasteiger partial charge in [-0.25, -0.2) is 13.2 Å². The van der Waals surface area contributed by atoms with Crippen molar-refractivity contribution in [2.75, 3.05) is 18.9 Å². The smallest absolute Gasteiger partial charge is 0.270 e. The number of nitrogens with zero attached hydrogens (tertiary/aromatic N) is 2. The van der Waals surface area contributed by atoms with E-state index in [9.17, 15) is 27.6 Å². The summed E-state index contributed by atoms with van der Waals surface area (Å²) in [6.07, 6.45) is 0.518. The Morgan fingerprint density at radius 3 is 2.58 bits per heavy atom. The molecule has 2 aliphatic heterocycles. The van der Waals surface area contributed by atoms with Gasteiger partial charge in [-0.15, -0.1) is 0 Å². The Kier molecular flexibility index (Phi) is 7.11. The molecule has 1 saturated heterocycles. The third kappa shape index (κ3) is 4.43. The van der Waals surface area contributed by atoms with Gasteiger partial charge in [0.2, 0.25) is 11.8 Å². The van der Waals surface area contributed by atoms with E-state index in [1.54, 1.807) is 6.07 Å². The number of likely N-dealkylation sites (tertiary alicyclic amines) is 1. The van der Waals surface area contributed by atoms with Crippen molar-refractivity contribution in [2.24, 2.45) is 11.7 Å². The maximum Gasteiger partial charge on any atom is 0.270 e. The maximum atomic E-state index is 14.3. The number of benzene rings is 2. The first-order valence-corrected chi connectivity index (χ1v) is 13.5. The molecule has 0 radical (unpaired) electrons. The molecule has 1 spiro atoms. The lowest BCUT2D eigenvalue weighted by molar-refractivity contribution is -0.137. The number of likely N-dealkylation sites (N-methyl/N-ethyl adjacent to an activating group) is 1. The van der Waals surface area contributed by atoms with Crippen LogP contribution in [-0.2, 0) is 15.0 Å². The van der Waals surface area contributed by atoms with Gasteiger partial charge in [0, 0.05) is 30.7 Å². The predicted molar refractivity (Wildman–Crippen MR) is 147 cm³/mol. The standard InChI is InChI=1S/C28H30F3N5O3S/c1-13(2)8-20(35(3)25(37)19-9-14-16(29)10-17(30)22(31)23(14)33-19)26(38)36-12-28(11-21(36)24(32)40)15-6-4-5-7-18(15)34-27(28)39/h4-7,9-10,13,20-21,24,33,40H,8,11-12,32H2,1-3H3,(H,34,39)/t20-,21-,24?,28-/m0/s1. The number of H-pyrrole nitrogens is 1. The Morgan fingerprint density at radius 1 is 1.20 bits per heavy atom. The number of hydrogen-bond donors (Lipinski definition) is 4. The third-order valence-electron chi connectivity index (χ3n) is 7.96. The number of thiol groups is 1. The molecule has 2 aromatic carbocycles. The third-order valence-corrected chi connectivity index (χ3v) is 8.30. The summed E-state index contributed by atoms with van der Waals surface area (Å²) < 4.78 is 42.4. The van der Waals surface area contributed by atoms with Gasteiger partial charge < -0.3 is 25.8 Å². The van der Waals surface area contributed by atoms with E-state index in [0.717, 1.165) is 11.6 Å². The van der Waals surface area contributed by atoms with Crippen molar-refractivity contribution >= 4 is 46.9 Å². The first-order chi connectivity index (χ1) is 18.9. The van der Waals surface area contributed by atoms with Crippen molar-refractivity contribution in [3.8, 4) is 0 Å². The van der Waals surface area contributed by atoms with E-state index in [4.69, 9.17) is 5.73 Å². The zero-order chi connectivity index (χ0) is 29.1. The molecule has 12 heteroatoms. The highest BCUT2D eigenvalue weighted by atomic mass is 32.1. The number of carbonyl (C=O) groups excluding carboxylic acids is 3. The number of rotatable bonds is 6. The van der Waals surface area contributed by atoms with Gasteiger partial charge in [0.1, 0.15) is 17.6 Å². The van der Waals surface area contributed by atoms with E-state index in [1.165, 1.54) is 16.8 Å². The van der Waals surface area contributed by atoms with Gasteiger partial charge >= 0.3 is 0 Å². The average molecular weight is 574 g/mol. The molecule has 3 heterocycles. The minimum absolute atomic E-state index is 0.0221. The van der Waals surface area contributed by atoms with E-state index in [2.05, 4.69) is 22.9 Å². The fraction of sp³-hybridized carbons (Fsp3) is 0.393. The molecule has 4 atom stereocenters. The van der Waals surface area contributed by atoms with E-state index in [0.29, 0.717) is 11.8 Å². The molecule has 1 aromatic heterocycles. The molecule has 2 aliphatic rings. The summed E-state index contributed by atoms with van der Waals surface area (Å²) in [5.41, 5.74) is 5.96. The largest absolute Gasteiger partial charge is 0.348 e. The predicted octanol–water partition coefficient (Wildman–Crippen LogP) is 3.78. The van der Waals surface area contributed by atoms with Gasteiger partial charge in [-0.3, -0.25) is 14.4 Å². The van der Waals surface area contributed by atoms with Crippen LogP contribution in [0.4, 0.5) is 18.9 Å².